The Morgan fingerprint density at radius 1 is 0.261 bits per heavy atom. The lowest BCUT2D eigenvalue weighted by Gasteiger charge is -2.56. The highest BCUT2D eigenvalue weighted by atomic mass is 16.8. The highest BCUT2D eigenvalue weighted by molar-refractivity contribution is 6.48. The van der Waals surface area contributed by atoms with Gasteiger partial charge in [0.25, 0.3) is 0 Å². The number of hydrogen-bond acceptors (Lipinski definition) is 15. The van der Waals surface area contributed by atoms with Crippen molar-refractivity contribution in [1.82, 2.24) is 0 Å². The minimum absolute atomic E-state index is 0.159. The number of nitrogens with two attached hydrogens (primary N) is 3. The third kappa shape index (κ3) is 3.74. The summed E-state index contributed by atoms with van der Waals surface area (Å²) in [6, 6.07) is 0. The molecule has 7 aromatic carbocycles. The maximum Gasteiger partial charge on any atom is 0.186 e. The van der Waals surface area contributed by atoms with Gasteiger partial charge >= 0.3 is 0 Å². The Labute approximate surface area is 391 Å². The zero-order valence-electron chi connectivity index (χ0n) is 36.5. The summed E-state index contributed by atoms with van der Waals surface area (Å²) in [5.41, 5.74) is 31.5. The molecule has 12 heterocycles. The standard InChI is InChI=1S/C54H39N3O12/c1-4-7-13-43-31-25-19-22-20-24-21-23(19)29-35-40(25)52(64-43)61-17(11-56)47(35)68-50-38(29)33-27(21)42-36-30(24)39-32-26(20)41-34-28(22)37(31)49(58-13)67-46(34)16(10-55)62-53(41)65-44(32)14(8-5-2)60-51(39)69-48(36)18(12-57)63-54(42)66-45(33)15(59-50)9-6-3/h1-3,13-18,43-54H,7-12,55-57H2. The summed E-state index contributed by atoms with van der Waals surface area (Å²) >= 11 is 0. The molecule has 15 nitrogen and oxygen atoms in total. The highest BCUT2D eigenvalue weighted by Gasteiger charge is 2.61. The molecule has 0 radical (unpaired) electrons. The van der Waals surface area contributed by atoms with E-state index in [9.17, 15) is 0 Å². The van der Waals surface area contributed by atoms with E-state index in [1.54, 1.807) is 0 Å². The Balaban J connectivity index is 1.15. The summed E-state index contributed by atoms with van der Waals surface area (Å²) in [6.45, 7) is 0.478. The minimum atomic E-state index is -0.825. The molecule has 69 heavy (non-hydrogen) atoms. The van der Waals surface area contributed by atoms with E-state index in [0.717, 1.165) is 131 Å². The van der Waals surface area contributed by atoms with Crippen molar-refractivity contribution in [3.05, 3.63) is 66.8 Å². The second-order valence-corrected chi connectivity index (χ2v) is 20.8. The van der Waals surface area contributed by atoms with E-state index in [2.05, 4.69) is 17.8 Å². The summed E-state index contributed by atoms with van der Waals surface area (Å²) in [7, 11) is 0. The van der Waals surface area contributed by atoms with Crippen LogP contribution >= 0.6 is 0 Å². The van der Waals surface area contributed by atoms with Crippen LogP contribution < -0.4 is 17.2 Å². The monoisotopic (exact) mass is 921 g/mol. The van der Waals surface area contributed by atoms with Crippen molar-refractivity contribution in [2.24, 2.45) is 17.2 Å². The fourth-order valence-electron chi connectivity index (χ4n) is 16.2. The largest absolute Gasteiger partial charge is 0.341 e. The molecule has 12 aliphatic rings. The highest BCUT2D eigenvalue weighted by Crippen LogP contribution is 2.73. The van der Waals surface area contributed by atoms with Crippen molar-refractivity contribution in [2.75, 3.05) is 19.6 Å². The third-order valence-electron chi connectivity index (χ3n) is 18.2. The third-order valence-corrected chi connectivity index (χ3v) is 18.2. The molecule has 12 aliphatic heterocycles. The molecule has 0 saturated carbocycles. The van der Waals surface area contributed by atoms with Crippen LogP contribution in [0.3, 0.4) is 0 Å². The van der Waals surface area contributed by atoms with Gasteiger partial charge in [-0.3, -0.25) is 0 Å². The molecule has 15 heteroatoms. The van der Waals surface area contributed by atoms with E-state index < -0.39 is 111 Å². The Bertz CT molecular complexity index is 3380. The first-order valence-corrected chi connectivity index (χ1v) is 24.2. The molecule has 0 fully saturated rings. The molecule has 0 aliphatic carbocycles. The summed E-state index contributed by atoms with van der Waals surface area (Å²) in [4.78, 5) is 0. The fraction of sp³-hybridized carbons (Fsp3) is 0.444. The summed E-state index contributed by atoms with van der Waals surface area (Å²) < 4.78 is 85.8. The lowest BCUT2D eigenvalue weighted by Crippen LogP contribution is -2.49. The second kappa shape index (κ2) is 12.0. The van der Waals surface area contributed by atoms with Gasteiger partial charge in [0.05, 0.1) is 0 Å². The molecule has 19 rings (SSSR count). The normalized spacial score (nSPS) is 40.0. The maximum absolute atomic E-state index is 7.26. The van der Waals surface area contributed by atoms with Crippen LogP contribution in [0.25, 0.3) is 64.6 Å². The van der Waals surface area contributed by atoms with Crippen molar-refractivity contribution in [3.63, 3.8) is 0 Å². The molecule has 342 valence electrons. The summed E-state index contributed by atoms with van der Waals surface area (Å²) in [5, 5.41) is 12.9. The van der Waals surface area contributed by atoms with Gasteiger partial charge in [0.2, 0.25) is 0 Å². The van der Waals surface area contributed by atoms with E-state index in [0.29, 0.717) is 0 Å². The predicted octanol–water partition coefficient (Wildman–Crippen LogP) is 6.68. The molecule has 0 aromatic heterocycles. The zero-order valence-corrected chi connectivity index (χ0v) is 36.5. The molecule has 0 saturated heterocycles. The van der Waals surface area contributed by atoms with Crippen molar-refractivity contribution in [3.8, 4) is 37.0 Å². The van der Waals surface area contributed by atoms with Gasteiger partial charge in [0.1, 0.15) is 73.2 Å². The van der Waals surface area contributed by atoms with E-state index in [4.69, 9.17) is 93.3 Å². The maximum atomic E-state index is 7.26. The van der Waals surface area contributed by atoms with Crippen LogP contribution in [0.5, 0.6) is 0 Å². The van der Waals surface area contributed by atoms with Gasteiger partial charge < -0.3 is 74.0 Å². The molecule has 7 aromatic rings. The first-order chi connectivity index (χ1) is 34.0. The number of ether oxygens (including phenoxy) is 12. The average Bonchev–Trinajstić information content (AvgIpc) is 3.37. The summed E-state index contributed by atoms with van der Waals surface area (Å²) in [5.74, 6) is 8.66. The summed E-state index contributed by atoms with van der Waals surface area (Å²) in [6.07, 6.45) is 7.14. The Hall–Kier alpha value is -5.04. The Morgan fingerprint density at radius 2 is 0.449 bits per heavy atom. The SMILES string of the molecule is C#CCC1OC2OC3c4c5c6c7c8c9c%10c%11c%12c%13c%14c%15c%16c%17c%18c(c2c4c2c%18c%15c%12c9c62)C1OC%17OC(CN)C%16OC%14OC(CC#C)C%13OC%11OC(CN)C%10OC8OC(CC#C)C7OC5OC3CN. The molecule has 0 spiro atoms. The molecular formula is C54H39N3O12. The quantitative estimate of drug-likeness (QED) is 0.0910. The zero-order chi connectivity index (χ0) is 45.1. The molecular weight excluding hydrogens is 883 g/mol. The van der Waals surface area contributed by atoms with Crippen LogP contribution in [0.2, 0.25) is 0 Å². The minimum Gasteiger partial charge on any atom is -0.341 e. The fourth-order valence-corrected chi connectivity index (χ4v) is 16.2. The topological polar surface area (TPSA) is 189 Å². The van der Waals surface area contributed by atoms with E-state index >= 15 is 0 Å². The van der Waals surface area contributed by atoms with E-state index in [1.165, 1.54) is 0 Å². The Kier molecular flexibility index (Phi) is 6.56. The molecule has 6 N–H and O–H groups in total. The average molecular weight is 922 g/mol. The molecule has 0 amide bonds. The van der Waals surface area contributed by atoms with Gasteiger partial charge in [0, 0.05) is 106 Å². The van der Waals surface area contributed by atoms with Crippen molar-refractivity contribution in [2.45, 2.75) is 130 Å². The van der Waals surface area contributed by atoms with Crippen LogP contribution in [0.1, 0.15) is 160 Å². The first-order valence-electron chi connectivity index (χ1n) is 24.2. The van der Waals surface area contributed by atoms with Crippen LogP contribution in [0.4, 0.5) is 0 Å². The lowest BCUT2D eigenvalue weighted by molar-refractivity contribution is -0.324. The van der Waals surface area contributed by atoms with Gasteiger partial charge in [-0.15, -0.1) is 37.0 Å². The molecule has 18 atom stereocenters. The molecule has 18 unspecified atom stereocenters. The van der Waals surface area contributed by atoms with Crippen LogP contribution in [-0.2, 0) is 56.8 Å². The van der Waals surface area contributed by atoms with Gasteiger partial charge in [-0.05, 0) is 64.6 Å². The Morgan fingerprint density at radius 3 is 0.638 bits per heavy atom. The number of terminal acetylenes is 3. The lowest BCUT2D eigenvalue weighted by atomic mass is 9.64. The number of rotatable bonds is 6. The second-order valence-electron chi connectivity index (χ2n) is 20.8. The molecule has 0 bridgehead atoms. The van der Waals surface area contributed by atoms with Gasteiger partial charge in [-0.25, -0.2) is 0 Å². The van der Waals surface area contributed by atoms with Gasteiger partial charge in [-0.1, -0.05) is 0 Å². The van der Waals surface area contributed by atoms with Crippen LogP contribution in [-0.4, -0.2) is 56.3 Å². The van der Waals surface area contributed by atoms with Crippen molar-refractivity contribution < 1.29 is 56.8 Å². The smallest absolute Gasteiger partial charge is 0.186 e. The van der Waals surface area contributed by atoms with Crippen LogP contribution in [0.15, 0.2) is 0 Å². The first kappa shape index (κ1) is 37.7. The van der Waals surface area contributed by atoms with Crippen molar-refractivity contribution in [1.29, 1.82) is 0 Å². The van der Waals surface area contributed by atoms with Crippen molar-refractivity contribution >= 4 is 64.6 Å². The van der Waals surface area contributed by atoms with E-state index in [-0.39, 0.29) is 38.9 Å². The number of hydrogen-bond donors (Lipinski definition) is 3. The van der Waals surface area contributed by atoms with Gasteiger partial charge in [-0.2, -0.15) is 0 Å². The van der Waals surface area contributed by atoms with E-state index in [1.807, 2.05) is 0 Å². The predicted molar refractivity (Wildman–Crippen MR) is 241 cm³/mol. The number of benzene rings is 7. The van der Waals surface area contributed by atoms with Crippen LogP contribution in [0, 0.1) is 37.0 Å². The van der Waals surface area contributed by atoms with Gasteiger partial charge in [0.15, 0.2) is 37.7 Å².